The normalized spacial score (nSPS) is 20.2. The molecule has 0 saturated carbocycles. The van der Waals surface area contributed by atoms with E-state index in [-0.39, 0.29) is 12.4 Å². The Hall–Kier alpha value is -4.21. The number of hydrogen-bond acceptors (Lipinski definition) is 5. The molecule has 36 heavy (non-hydrogen) atoms. The lowest BCUT2D eigenvalue weighted by Crippen LogP contribution is -2.54. The van der Waals surface area contributed by atoms with Crippen LogP contribution in [-0.2, 0) is 15.4 Å². The van der Waals surface area contributed by atoms with Gasteiger partial charge in [-0.1, -0.05) is 11.2 Å². The largest absolute Gasteiger partial charge is 0.495 e. The van der Waals surface area contributed by atoms with Crippen molar-refractivity contribution in [2.75, 3.05) is 13.7 Å². The first-order valence-corrected chi connectivity index (χ1v) is 11.2. The van der Waals surface area contributed by atoms with Gasteiger partial charge in [-0.05, 0) is 72.9 Å². The van der Waals surface area contributed by atoms with E-state index in [0.717, 1.165) is 16.8 Å². The predicted molar refractivity (Wildman–Crippen MR) is 125 cm³/mol. The Bertz CT molecular complexity index is 1410. The molecule has 2 aliphatic heterocycles. The van der Waals surface area contributed by atoms with E-state index >= 15 is 0 Å². The maximum absolute atomic E-state index is 14.0. The van der Waals surface area contributed by atoms with Gasteiger partial charge in [0.1, 0.15) is 5.75 Å². The van der Waals surface area contributed by atoms with Gasteiger partial charge in [-0.3, -0.25) is 0 Å². The van der Waals surface area contributed by atoms with Crippen LogP contribution >= 0.6 is 0 Å². The van der Waals surface area contributed by atoms with Gasteiger partial charge in [0.15, 0.2) is 23.3 Å². The number of rotatable bonds is 5. The van der Waals surface area contributed by atoms with Crippen molar-refractivity contribution in [3.63, 3.8) is 0 Å². The Labute approximate surface area is 204 Å². The van der Waals surface area contributed by atoms with E-state index in [1.54, 1.807) is 7.11 Å². The third-order valence-corrected chi connectivity index (χ3v) is 6.34. The van der Waals surface area contributed by atoms with Crippen molar-refractivity contribution in [1.82, 2.24) is 9.47 Å². The van der Waals surface area contributed by atoms with Gasteiger partial charge in [0.25, 0.3) is 0 Å². The Morgan fingerprint density at radius 2 is 1.94 bits per heavy atom. The van der Waals surface area contributed by atoms with Crippen LogP contribution < -0.4 is 4.74 Å². The maximum Gasteiger partial charge on any atom is 0.377 e. The summed E-state index contributed by atoms with van der Waals surface area (Å²) < 4.78 is 49.1. The highest BCUT2D eigenvalue weighted by Gasteiger charge is 2.56. The molecule has 1 atom stereocenters. The summed E-state index contributed by atoms with van der Waals surface area (Å²) in [5.41, 5.74) is 0.694. The Balaban J connectivity index is 1.52. The lowest BCUT2D eigenvalue weighted by atomic mass is 9.94. The molecule has 1 unspecified atom stereocenters. The van der Waals surface area contributed by atoms with Crippen molar-refractivity contribution in [3.8, 4) is 11.4 Å². The van der Waals surface area contributed by atoms with Crippen LogP contribution in [0, 0.1) is 24.4 Å². The van der Waals surface area contributed by atoms with Crippen LogP contribution in [0.5, 0.6) is 5.75 Å². The summed E-state index contributed by atoms with van der Waals surface area (Å²) in [5, 5.41) is 14.1. The van der Waals surface area contributed by atoms with E-state index in [1.165, 1.54) is 4.90 Å². The van der Waals surface area contributed by atoms with E-state index in [2.05, 4.69) is 5.16 Å². The molecule has 7 nitrogen and oxygen atoms in total. The summed E-state index contributed by atoms with van der Waals surface area (Å²) in [5.74, 6) is -5.38. The molecule has 1 fully saturated rings. The number of amidine groups is 1. The van der Waals surface area contributed by atoms with Gasteiger partial charge in [0.05, 0.1) is 12.8 Å². The fourth-order valence-corrected chi connectivity index (χ4v) is 4.62. The van der Waals surface area contributed by atoms with Crippen molar-refractivity contribution in [2.24, 2.45) is 5.16 Å². The number of aryl methyl sites for hydroxylation is 1. The summed E-state index contributed by atoms with van der Waals surface area (Å²) in [6.07, 6.45) is 6.85. The van der Waals surface area contributed by atoms with Gasteiger partial charge < -0.3 is 24.1 Å². The van der Waals surface area contributed by atoms with Crippen molar-refractivity contribution in [1.29, 1.82) is 0 Å². The topological polar surface area (TPSA) is 76.3 Å². The van der Waals surface area contributed by atoms with Crippen LogP contribution in [0.15, 0.2) is 59.5 Å². The van der Waals surface area contributed by atoms with Gasteiger partial charge in [0.2, 0.25) is 0 Å². The molecule has 3 heterocycles. The second-order valence-electron chi connectivity index (χ2n) is 8.66. The zero-order valence-electron chi connectivity index (χ0n) is 19.5. The van der Waals surface area contributed by atoms with Crippen molar-refractivity contribution >= 4 is 17.9 Å². The maximum atomic E-state index is 14.0. The average Bonchev–Trinajstić information content (AvgIpc) is 3.47. The molecular weight excluding hydrogens is 475 g/mol. The van der Waals surface area contributed by atoms with Crippen LogP contribution in [0.25, 0.3) is 11.8 Å². The average molecular weight is 497 g/mol. The van der Waals surface area contributed by atoms with Crippen LogP contribution in [0.2, 0.25) is 0 Å². The summed E-state index contributed by atoms with van der Waals surface area (Å²) >= 11 is 0. The van der Waals surface area contributed by atoms with E-state index < -0.39 is 34.7 Å². The lowest BCUT2D eigenvalue weighted by molar-refractivity contribution is -0.183. The molecule has 1 N–H and O–H groups in total. The molecule has 1 saturated heterocycles. The quantitative estimate of drug-likeness (QED) is 0.504. The highest BCUT2D eigenvalue weighted by atomic mass is 19.2. The fourth-order valence-electron chi connectivity index (χ4n) is 4.62. The number of benzene rings is 2. The molecule has 10 heteroatoms. The molecule has 0 radical (unpaired) electrons. The minimum Gasteiger partial charge on any atom is -0.495 e. The summed E-state index contributed by atoms with van der Waals surface area (Å²) in [7, 11) is 1.57. The van der Waals surface area contributed by atoms with E-state index in [4.69, 9.17) is 9.57 Å². The zero-order valence-corrected chi connectivity index (χ0v) is 19.5. The number of carbonyl (C=O) groups is 1. The number of carboxylic acids is 1. The first-order valence-electron chi connectivity index (χ1n) is 11.2. The van der Waals surface area contributed by atoms with Gasteiger partial charge in [-0.2, -0.15) is 0 Å². The molecule has 5 rings (SSSR count). The number of nitrogens with zero attached hydrogens (tertiary/aromatic N) is 3. The number of methoxy groups -OCH3 is 1. The Morgan fingerprint density at radius 1 is 1.19 bits per heavy atom. The highest BCUT2D eigenvalue weighted by Crippen LogP contribution is 2.41. The van der Waals surface area contributed by atoms with Crippen molar-refractivity contribution in [3.05, 3.63) is 88.5 Å². The summed E-state index contributed by atoms with van der Waals surface area (Å²) in [6, 6.07) is 8.87. The van der Waals surface area contributed by atoms with Gasteiger partial charge in [-0.25, -0.2) is 18.0 Å². The minimum atomic E-state index is -2.32. The second-order valence-corrected chi connectivity index (χ2v) is 8.66. The number of aromatic nitrogens is 1. The second kappa shape index (κ2) is 8.78. The van der Waals surface area contributed by atoms with Crippen LogP contribution in [0.1, 0.15) is 29.5 Å². The van der Waals surface area contributed by atoms with Gasteiger partial charge >= 0.3 is 11.7 Å². The van der Waals surface area contributed by atoms with Crippen LogP contribution in [0.3, 0.4) is 0 Å². The molecule has 1 aromatic heterocycles. The monoisotopic (exact) mass is 497 g/mol. The minimum absolute atomic E-state index is 0.207. The van der Waals surface area contributed by atoms with Crippen LogP contribution in [-0.4, -0.2) is 40.0 Å². The van der Waals surface area contributed by atoms with E-state index in [0.29, 0.717) is 36.3 Å². The van der Waals surface area contributed by atoms with Gasteiger partial charge in [0, 0.05) is 24.5 Å². The Morgan fingerprint density at radius 3 is 2.58 bits per heavy atom. The number of ether oxygens (including phenoxy) is 1. The number of fused-ring (bicyclic) bond motifs is 1. The highest BCUT2D eigenvalue weighted by molar-refractivity contribution is 6.05. The van der Waals surface area contributed by atoms with Crippen molar-refractivity contribution < 1.29 is 32.6 Å². The summed E-state index contributed by atoms with van der Waals surface area (Å²) in [6.45, 7) is 2.20. The fraction of sp³-hybridized carbons (Fsp3) is 0.231. The number of aliphatic carboxylic acids is 1. The van der Waals surface area contributed by atoms with Crippen molar-refractivity contribution in [2.45, 2.75) is 25.5 Å². The van der Waals surface area contributed by atoms with Crippen LogP contribution in [0.4, 0.5) is 13.2 Å². The smallest absolute Gasteiger partial charge is 0.377 e. The predicted octanol–water partition coefficient (Wildman–Crippen LogP) is 4.97. The lowest BCUT2D eigenvalue weighted by Gasteiger charge is -2.36. The Kier molecular flexibility index (Phi) is 5.74. The molecular formula is C26H22F3N3O4. The standard InChI is InChI=1S/C26H22F3N3O4/c1-15-7-9-31(14-15)21-6-5-16(11-22(21)35-2)10-17-4-3-8-32-24(17)30-36-26(32,25(33)34)18-12-19(27)23(29)20(28)13-18/h5-7,9-14H,3-4,8H2,1-2H3,(H,33,34)/b17-10+. The molecule has 0 bridgehead atoms. The number of hydrogen-bond donors (Lipinski definition) is 1. The molecule has 2 aromatic carbocycles. The number of halogens is 3. The first-order chi connectivity index (χ1) is 17.2. The van der Waals surface area contributed by atoms with E-state index in [1.807, 2.05) is 54.2 Å². The first kappa shape index (κ1) is 23.5. The number of carboxylic acid groups (broad SMARTS) is 1. The third kappa shape index (κ3) is 3.69. The molecule has 0 spiro atoms. The zero-order chi connectivity index (χ0) is 25.6. The summed E-state index contributed by atoms with van der Waals surface area (Å²) in [4.78, 5) is 19.1. The number of piperidine rings is 1. The number of oxime groups is 1. The molecule has 186 valence electrons. The third-order valence-electron chi connectivity index (χ3n) is 6.34. The van der Waals surface area contributed by atoms with E-state index in [9.17, 15) is 23.1 Å². The molecule has 2 aliphatic rings. The SMILES string of the molecule is COc1cc(/C=C2\CCCN3C2=NOC3(C(=O)O)c2cc(F)c(F)c(F)c2)ccc1-n1ccc(C)c1. The van der Waals surface area contributed by atoms with Gasteiger partial charge in [-0.15, -0.1) is 0 Å². The molecule has 0 amide bonds. The molecule has 3 aromatic rings. The molecule has 0 aliphatic carbocycles.